The fourth-order valence-corrected chi connectivity index (χ4v) is 3.09. The summed E-state index contributed by atoms with van der Waals surface area (Å²) in [5, 5.41) is 1.71. The summed E-state index contributed by atoms with van der Waals surface area (Å²) in [6, 6.07) is 13.7. The van der Waals surface area contributed by atoms with Gasteiger partial charge < -0.3 is 4.98 Å². The zero-order chi connectivity index (χ0) is 16.7. The minimum Gasteiger partial charge on any atom is -0.349 e. The van der Waals surface area contributed by atoms with Gasteiger partial charge in [-0.15, -0.1) is 0 Å². The Morgan fingerprint density at radius 3 is 2.75 bits per heavy atom. The van der Waals surface area contributed by atoms with Crippen molar-refractivity contribution in [2.24, 2.45) is 0 Å². The van der Waals surface area contributed by atoms with E-state index in [4.69, 9.17) is 11.6 Å². The molecule has 0 atom stereocenters. The molecule has 4 aromatic rings. The highest BCUT2D eigenvalue weighted by Crippen LogP contribution is 2.22. The molecule has 0 saturated heterocycles. The van der Waals surface area contributed by atoms with Crippen LogP contribution in [-0.4, -0.2) is 14.5 Å². The number of H-pyrrole nitrogens is 1. The number of fused-ring (bicyclic) bond motifs is 3. The predicted octanol–water partition coefficient (Wildman–Crippen LogP) is 4.08. The number of rotatable bonds is 3. The minimum absolute atomic E-state index is 0.0391. The fraction of sp³-hybridized carbons (Fsp3) is 0.158. The Balaban J connectivity index is 1.71. The quantitative estimate of drug-likeness (QED) is 0.612. The average molecular weight is 338 g/mol. The van der Waals surface area contributed by atoms with E-state index in [0.29, 0.717) is 17.1 Å². The summed E-state index contributed by atoms with van der Waals surface area (Å²) < 4.78 is 1.65. The Kier molecular flexibility index (Phi) is 3.62. The molecule has 0 fully saturated rings. The summed E-state index contributed by atoms with van der Waals surface area (Å²) in [5.41, 5.74) is 4.49. The summed E-state index contributed by atoms with van der Waals surface area (Å²) in [6.45, 7) is 2.61. The zero-order valence-corrected chi connectivity index (χ0v) is 14.0. The van der Waals surface area contributed by atoms with Gasteiger partial charge in [0, 0.05) is 22.5 Å². The number of hydrogen-bond acceptors (Lipinski definition) is 2. The molecule has 0 bridgehead atoms. The molecule has 1 N–H and O–H groups in total. The van der Waals surface area contributed by atoms with E-state index in [1.165, 1.54) is 0 Å². The third kappa shape index (κ3) is 2.59. The number of aromatic amines is 1. The van der Waals surface area contributed by atoms with Gasteiger partial charge in [0.25, 0.3) is 5.56 Å². The lowest BCUT2D eigenvalue weighted by Crippen LogP contribution is -2.21. The molecule has 4 nitrogen and oxygen atoms in total. The summed E-state index contributed by atoms with van der Waals surface area (Å²) in [5.74, 6) is 0. The van der Waals surface area contributed by atoms with Crippen molar-refractivity contribution in [1.82, 2.24) is 14.5 Å². The molecule has 120 valence electrons. The van der Waals surface area contributed by atoms with Crippen LogP contribution in [0.15, 0.2) is 53.6 Å². The van der Waals surface area contributed by atoms with E-state index < -0.39 is 0 Å². The highest BCUT2D eigenvalue weighted by atomic mass is 35.5. The van der Waals surface area contributed by atoms with Gasteiger partial charge in [0.2, 0.25) is 0 Å². The second kappa shape index (κ2) is 5.80. The molecular weight excluding hydrogens is 322 g/mol. The number of halogens is 1. The molecule has 2 aromatic heterocycles. The summed E-state index contributed by atoms with van der Waals surface area (Å²) >= 11 is 5.90. The highest BCUT2D eigenvalue weighted by Gasteiger charge is 2.11. The molecule has 5 heteroatoms. The van der Waals surface area contributed by atoms with E-state index in [2.05, 4.69) is 16.0 Å². The van der Waals surface area contributed by atoms with Crippen molar-refractivity contribution in [2.45, 2.75) is 19.9 Å². The van der Waals surface area contributed by atoms with Crippen molar-refractivity contribution < 1.29 is 0 Å². The maximum Gasteiger partial charge on any atom is 0.277 e. The first-order chi connectivity index (χ1) is 11.6. The van der Waals surface area contributed by atoms with Crippen molar-refractivity contribution in [1.29, 1.82) is 0 Å². The number of aromatic nitrogens is 3. The van der Waals surface area contributed by atoms with Crippen LogP contribution in [0.1, 0.15) is 11.1 Å². The molecule has 2 aromatic carbocycles. The number of aryl methyl sites for hydroxylation is 3. The van der Waals surface area contributed by atoms with Crippen molar-refractivity contribution in [3.63, 3.8) is 0 Å². The first-order valence-corrected chi connectivity index (χ1v) is 8.21. The Labute approximate surface area is 143 Å². The van der Waals surface area contributed by atoms with E-state index in [-0.39, 0.29) is 5.56 Å². The van der Waals surface area contributed by atoms with Gasteiger partial charge in [-0.05, 0) is 43.2 Å². The first kappa shape index (κ1) is 15.0. The number of nitrogens with one attached hydrogen (secondary N) is 1. The first-order valence-electron chi connectivity index (χ1n) is 7.84. The molecular formula is C19H16ClN3O. The number of nitrogens with zero attached hydrogens (tertiary/aromatic N) is 2. The molecule has 0 radical (unpaired) electrons. The van der Waals surface area contributed by atoms with Crippen LogP contribution in [0.3, 0.4) is 0 Å². The van der Waals surface area contributed by atoms with E-state index >= 15 is 0 Å². The molecule has 0 aliphatic heterocycles. The van der Waals surface area contributed by atoms with E-state index in [0.717, 1.165) is 34.0 Å². The Hall–Kier alpha value is -2.59. The standard InChI is InChI=1S/C19H16ClN3O/c1-12-2-7-16-15(10-12)17-18(22-16)19(24)23(11-21-17)9-8-13-3-5-14(20)6-4-13/h2-7,10-11,22H,8-9H2,1H3. The maximum absolute atomic E-state index is 12.7. The molecule has 0 amide bonds. The molecule has 0 spiro atoms. The van der Waals surface area contributed by atoms with Crippen molar-refractivity contribution in [3.05, 3.63) is 75.3 Å². The van der Waals surface area contributed by atoms with Gasteiger partial charge in [0.05, 0.1) is 6.33 Å². The fourth-order valence-electron chi connectivity index (χ4n) is 2.96. The van der Waals surface area contributed by atoms with Gasteiger partial charge in [-0.2, -0.15) is 0 Å². The molecule has 4 rings (SSSR count). The number of hydrogen-bond donors (Lipinski definition) is 1. The van der Waals surface area contributed by atoms with Crippen LogP contribution in [0.2, 0.25) is 5.02 Å². The highest BCUT2D eigenvalue weighted by molar-refractivity contribution is 6.30. The van der Waals surface area contributed by atoms with E-state index in [9.17, 15) is 4.79 Å². The van der Waals surface area contributed by atoms with Gasteiger partial charge in [-0.25, -0.2) is 4.98 Å². The van der Waals surface area contributed by atoms with Crippen LogP contribution < -0.4 is 5.56 Å². The number of benzene rings is 2. The summed E-state index contributed by atoms with van der Waals surface area (Å²) in [7, 11) is 0. The zero-order valence-electron chi connectivity index (χ0n) is 13.2. The van der Waals surface area contributed by atoms with E-state index in [1.807, 2.05) is 43.3 Å². The molecule has 0 saturated carbocycles. The SMILES string of the molecule is Cc1ccc2[nH]c3c(=O)n(CCc4ccc(Cl)cc4)cnc3c2c1. The second-order valence-electron chi connectivity index (χ2n) is 6.02. The van der Waals surface area contributed by atoms with Crippen LogP contribution in [0.25, 0.3) is 21.9 Å². The summed E-state index contributed by atoms with van der Waals surface area (Å²) in [4.78, 5) is 20.4. The lowest BCUT2D eigenvalue weighted by molar-refractivity contribution is 0.662. The lowest BCUT2D eigenvalue weighted by Gasteiger charge is -2.05. The van der Waals surface area contributed by atoms with Gasteiger partial charge in [-0.1, -0.05) is 35.4 Å². The van der Waals surface area contributed by atoms with Crippen molar-refractivity contribution in [3.8, 4) is 0 Å². The molecule has 0 aliphatic carbocycles. The topological polar surface area (TPSA) is 50.7 Å². The third-order valence-corrected chi connectivity index (χ3v) is 4.53. The van der Waals surface area contributed by atoms with Crippen LogP contribution in [-0.2, 0) is 13.0 Å². The lowest BCUT2D eigenvalue weighted by atomic mass is 10.1. The minimum atomic E-state index is -0.0391. The normalized spacial score (nSPS) is 11.4. The van der Waals surface area contributed by atoms with Gasteiger partial charge in [0.15, 0.2) is 0 Å². The van der Waals surface area contributed by atoms with Gasteiger partial charge in [-0.3, -0.25) is 9.36 Å². The van der Waals surface area contributed by atoms with Crippen LogP contribution in [0, 0.1) is 6.92 Å². The van der Waals surface area contributed by atoms with Crippen molar-refractivity contribution in [2.75, 3.05) is 0 Å². The monoisotopic (exact) mass is 337 g/mol. The Bertz CT molecular complexity index is 1090. The second-order valence-corrected chi connectivity index (χ2v) is 6.45. The van der Waals surface area contributed by atoms with Gasteiger partial charge in [0.1, 0.15) is 11.0 Å². The average Bonchev–Trinajstić information content (AvgIpc) is 2.95. The van der Waals surface area contributed by atoms with Crippen LogP contribution in [0.5, 0.6) is 0 Å². The molecule has 2 heterocycles. The predicted molar refractivity (Wildman–Crippen MR) is 97.8 cm³/mol. The third-order valence-electron chi connectivity index (χ3n) is 4.28. The molecule has 0 aliphatic rings. The van der Waals surface area contributed by atoms with Gasteiger partial charge >= 0.3 is 0 Å². The van der Waals surface area contributed by atoms with Crippen LogP contribution in [0.4, 0.5) is 0 Å². The molecule has 0 unspecified atom stereocenters. The van der Waals surface area contributed by atoms with Crippen LogP contribution >= 0.6 is 11.6 Å². The van der Waals surface area contributed by atoms with Crippen molar-refractivity contribution >= 4 is 33.5 Å². The largest absolute Gasteiger partial charge is 0.349 e. The smallest absolute Gasteiger partial charge is 0.277 e. The Morgan fingerprint density at radius 1 is 1.17 bits per heavy atom. The maximum atomic E-state index is 12.7. The molecule has 24 heavy (non-hydrogen) atoms. The van der Waals surface area contributed by atoms with E-state index in [1.54, 1.807) is 10.9 Å². The Morgan fingerprint density at radius 2 is 1.96 bits per heavy atom. The summed E-state index contributed by atoms with van der Waals surface area (Å²) in [6.07, 6.45) is 2.39.